The molecule has 1 N–H and O–H groups in total. The van der Waals surface area contributed by atoms with Crippen molar-refractivity contribution in [3.05, 3.63) is 44.7 Å². The molecule has 1 aromatic carbocycles. The third-order valence-corrected chi connectivity index (χ3v) is 5.88. The fourth-order valence-electron chi connectivity index (χ4n) is 4.10. The van der Waals surface area contributed by atoms with Gasteiger partial charge in [0.2, 0.25) is 0 Å². The number of fused-ring (bicyclic) bond motifs is 1. The van der Waals surface area contributed by atoms with Gasteiger partial charge in [0.05, 0.1) is 5.52 Å². The van der Waals surface area contributed by atoms with Crippen molar-refractivity contribution >= 4 is 10.9 Å². The summed E-state index contributed by atoms with van der Waals surface area (Å²) >= 11 is 0. The number of H-pyrrole nitrogens is 1. The van der Waals surface area contributed by atoms with Gasteiger partial charge in [-0.3, -0.25) is 9.69 Å². The molecule has 0 saturated heterocycles. The topological polar surface area (TPSA) is 36.1 Å². The Morgan fingerprint density at radius 1 is 1.12 bits per heavy atom. The van der Waals surface area contributed by atoms with E-state index in [2.05, 4.69) is 36.7 Å². The molecular formula is C21H30N2O. The summed E-state index contributed by atoms with van der Waals surface area (Å²) < 4.78 is 0. The Bertz CT molecular complexity index is 785. The van der Waals surface area contributed by atoms with Crippen molar-refractivity contribution in [2.45, 2.75) is 72.4 Å². The van der Waals surface area contributed by atoms with Crippen LogP contribution in [0.5, 0.6) is 0 Å². The molecule has 1 fully saturated rings. The minimum Gasteiger partial charge on any atom is -0.358 e. The number of aryl methyl sites for hydroxylation is 3. The second kappa shape index (κ2) is 7.10. The molecule has 0 radical (unpaired) electrons. The van der Waals surface area contributed by atoms with Gasteiger partial charge in [0.25, 0.3) is 0 Å². The van der Waals surface area contributed by atoms with E-state index in [4.69, 9.17) is 0 Å². The standard InChI is InChI=1S/C21H30N2O/c1-5-23(17-9-7-6-8-10-17)13-19-16(4)22-20-15(3)14(2)11-12-18(20)21(19)24/h11-12,17H,5-10,13H2,1-4H3,(H,22,24). The Labute approximate surface area is 145 Å². The summed E-state index contributed by atoms with van der Waals surface area (Å²) in [6, 6.07) is 4.68. The van der Waals surface area contributed by atoms with Crippen molar-refractivity contribution in [2.75, 3.05) is 6.54 Å². The predicted molar refractivity (Wildman–Crippen MR) is 102 cm³/mol. The van der Waals surface area contributed by atoms with Gasteiger partial charge >= 0.3 is 0 Å². The zero-order valence-corrected chi connectivity index (χ0v) is 15.5. The lowest BCUT2D eigenvalue weighted by Gasteiger charge is -2.33. The van der Waals surface area contributed by atoms with Crippen LogP contribution >= 0.6 is 0 Å². The molecule has 3 nitrogen and oxygen atoms in total. The number of nitrogens with one attached hydrogen (secondary N) is 1. The molecule has 1 saturated carbocycles. The van der Waals surface area contributed by atoms with Gasteiger partial charge in [0.1, 0.15) is 0 Å². The number of aromatic nitrogens is 1. The number of hydrogen-bond acceptors (Lipinski definition) is 2. The lowest BCUT2D eigenvalue weighted by atomic mass is 9.93. The first-order chi connectivity index (χ1) is 11.5. The summed E-state index contributed by atoms with van der Waals surface area (Å²) in [5.41, 5.74) is 5.58. The third kappa shape index (κ3) is 3.14. The fourth-order valence-corrected chi connectivity index (χ4v) is 4.10. The van der Waals surface area contributed by atoms with Crippen LogP contribution in [-0.2, 0) is 6.54 Å². The van der Waals surface area contributed by atoms with Crippen molar-refractivity contribution in [1.82, 2.24) is 9.88 Å². The van der Waals surface area contributed by atoms with E-state index in [0.717, 1.165) is 35.2 Å². The molecule has 0 amide bonds. The smallest absolute Gasteiger partial charge is 0.194 e. The molecule has 0 spiro atoms. The van der Waals surface area contributed by atoms with Gasteiger partial charge in [-0.2, -0.15) is 0 Å². The average Bonchev–Trinajstić information content (AvgIpc) is 2.59. The number of aromatic amines is 1. The van der Waals surface area contributed by atoms with Gasteiger partial charge in [0, 0.05) is 29.2 Å². The van der Waals surface area contributed by atoms with E-state index in [9.17, 15) is 4.79 Å². The zero-order chi connectivity index (χ0) is 17.3. The second-order valence-corrected chi connectivity index (χ2v) is 7.34. The molecule has 1 aliphatic rings. The van der Waals surface area contributed by atoms with Crippen LogP contribution in [-0.4, -0.2) is 22.5 Å². The summed E-state index contributed by atoms with van der Waals surface area (Å²) in [6.07, 6.45) is 6.56. The van der Waals surface area contributed by atoms with Gasteiger partial charge < -0.3 is 4.98 Å². The SMILES string of the molecule is CCN(Cc1c(C)[nH]c2c(C)c(C)ccc2c1=O)C1CCCCC1. The maximum absolute atomic E-state index is 13.1. The number of rotatable bonds is 4. The van der Waals surface area contributed by atoms with Gasteiger partial charge in [0.15, 0.2) is 5.43 Å². The summed E-state index contributed by atoms with van der Waals surface area (Å²) in [6.45, 7) is 10.2. The molecule has 1 aromatic heterocycles. The maximum atomic E-state index is 13.1. The van der Waals surface area contributed by atoms with E-state index in [0.29, 0.717) is 6.04 Å². The Morgan fingerprint density at radius 3 is 2.50 bits per heavy atom. The van der Waals surface area contributed by atoms with Crippen LogP contribution in [0.3, 0.4) is 0 Å². The van der Waals surface area contributed by atoms with Crippen LogP contribution in [0.2, 0.25) is 0 Å². The fraction of sp³-hybridized carbons (Fsp3) is 0.571. The van der Waals surface area contributed by atoms with Crippen LogP contribution in [0.4, 0.5) is 0 Å². The van der Waals surface area contributed by atoms with Crippen molar-refractivity contribution in [2.24, 2.45) is 0 Å². The van der Waals surface area contributed by atoms with E-state index in [-0.39, 0.29) is 5.43 Å². The van der Waals surface area contributed by atoms with Crippen molar-refractivity contribution in [1.29, 1.82) is 0 Å². The highest BCUT2D eigenvalue weighted by Gasteiger charge is 2.22. The molecule has 130 valence electrons. The summed E-state index contributed by atoms with van der Waals surface area (Å²) in [5, 5.41) is 0.832. The third-order valence-electron chi connectivity index (χ3n) is 5.88. The number of nitrogens with zero attached hydrogens (tertiary/aromatic N) is 1. The van der Waals surface area contributed by atoms with Crippen LogP contribution in [0, 0.1) is 20.8 Å². The monoisotopic (exact) mass is 326 g/mol. The molecule has 2 aromatic rings. The summed E-state index contributed by atoms with van der Waals surface area (Å²) in [4.78, 5) is 19.1. The van der Waals surface area contributed by atoms with Crippen LogP contribution in [0.1, 0.15) is 61.4 Å². The lowest BCUT2D eigenvalue weighted by Crippen LogP contribution is -2.37. The highest BCUT2D eigenvalue weighted by atomic mass is 16.1. The van der Waals surface area contributed by atoms with E-state index >= 15 is 0 Å². The van der Waals surface area contributed by atoms with Crippen molar-refractivity contribution < 1.29 is 0 Å². The molecule has 3 rings (SSSR count). The van der Waals surface area contributed by atoms with Gasteiger partial charge in [-0.25, -0.2) is 0 Å². The quantitative estimate of drug-likeness (QED) is 0.891. The van der Waals surface area contributed by atoms with Gasteiger partial charge in [-0.05, 0) is 57.4 Å². The minimum absolute atomic E-state index is 0.207. The van der Waals surface area contributed by atoms with E-state index < -0.39 is 0 Å². The average molecular weight is 326 g/mol. The Morgan fingerprint density at radius 2 is 1.83 bits per heavy atom. The molecular weight excluding hydrogens is 296 g/mol. The maximum Gasteiger partial charge on any atom is 0.194 e. The highest BCUT2D eigenvalue weighted by molar-refractivity contribution is 5.83. The minimum atomic E-state index is 0.207. The largest absolute Gasteiger partial charge is 0.358 e. The van der Waals surface area contributed by atoms with Crippen LogP contribution in [0.15, 0.2) is 16.9 Å². The first kappa shape index (κ1) is 17.2. The van der Waals surface area contributed by atoms with E-state index in [1.54, 1.807) is 0 Å². The molecule has 1 heterocycles. The van der Waals surface area contributed by atoms with Gasteiger partial charge in [-0.1, -0.05) is 32.3 Å². The van der Waals surface area contributed by atoms with Crippen molar-refractivity contribution in [3.8, 4) is 0 Å². The first-order valence-electron chi connectivity index (χ1n) is 9.38. The molecule has 0 atom stereocenters. The first-order valence-corrected chi connectivity index (χ1v) is 9.38. The number of hydrogen-bond donors (Lipinski definition) is 1. The lowest BCUT2D eigenvalue weighted by molar-refractivity contribution is 0.155. The van der Waals surface area contributed by atoms with Crippen molar-refractivity contribution in [3.63, 3.8) is 0 Å². The van der Waals surface area contributed by atoms with E-state index in [1.807, 2.05) is 13.0 Å². The summed E-state index contributed by atoms with van der Waals surface area (Å²) in [7, 11) is 0. The van der Waals surface area contributed by atoms with E-state index in [1.165, 1.54) is 43.2 Å². The molecule has 3 heteroatoms. The van der Waals surface area contributed by atoms with Crippen LogP contribution < -0.4 is 5.43 Å². The molecule has 0 bridgehead atoms. The normalized spacial score (nSPS) is 16.2. The Hall–Kier alpha value is -1.61. The highest BCUT2D eigenvalue weighted by Crippen LogP contribution is 2.25. The Balaban J connectivity index is 2.00. The second-order valence-electron chi connectivity index (χ2n) is 7.34. The Kier molecular flexibility index (Phi) is 5.09. The predicted octanol–water partition coefficient (Wildman–Crippen LogP) is 4.61. The van der Waals surface area contributed by atoms with Gasteiger partial charge in [-0.15, -0.1) is 0 Å². The molecule has 0 aliphatic heterocycles. The van der Waals surface area contributed by atoms with Crippen LogP contribution in [0.25, 0.3) is 10.9 Å². The summed E-state index contributed by atoms with van der Waals surface area (Å²) in [5.74, 6) is 0. The molecule has 0 unspecified atom stereocenters. The number of benzene rings is 1. The molecule has 24 heavy (non-hydrogen) atoms. The molecule has 1 aliphatic carbocycles. The zero-order valence-electron chi connectivity index (χ0n) is 15.5. The number of pyridine rings is 1.